The fraction of sp³-hybridized carbons (Fsp3) is 0.625. The zero-order chi connectivity index (χ0) is 12.5. The van der Waals surface area contributed by atoms with Gasteiger partial charge < -0.3 is 4.90 Å². The molecule has 1 spiro atoms. The fourth-order valence-electron chi connectivity index (χ4n) is 3.47. The minimum Gasteiger partial charge on any atom is -0.375 e. The maximum Gasteiger partial charge on any atom is 0.0183 e. The van der Waals surface area contributed by atoms with Crippen molar-refractivity contribution in [1.82, 2.24) is 4.90 Å². The maximum absolute atomic E-state index is 4.06. The Bertz CT molecular complexity index is 365. The smallest absolute Gasteiger partial charge is 0.0183 e. The van der Waals surface area contributed by atoms with Crippen LogP contribution in [0.15, 0.2) is 35.6 Å². The van der Waals surface area contributed by atoms with E-state index in [1.54, 1.807) is 11.1 Å². The third-order valence-electron chi connectivity index (χ3n) is 4.60. The lowest BCUT2D eigenvalue weighted by atomic mass is 9.72. The van der Waals surface area contributed by atoms with Crippen molar-refractivity contribution in [2.45, 2.75) is 46.5 Å². The van der Waals surface area contributed by atoms with Gasteiger partial charge in [0.05, 0.1) is 0 Å². The van der Waals surface area contributed by atoms with E-state index in [2.05, 4.69) is 44.4 Å². The number of hydrogen-bond acceptors (Lipinski definition) is 1. The monoisotopic (exact) mass is 231 g/mol. The third kappa shape index (κ3) is 2.20. The first kappa shape index (κ1) is 12.5. The highest BCUT2D eigenvalue weighted by atomic mass is 15.1. The van der Waals surface area contributed by atoms with Gasteiger partial charge in [-0.25, -0.2) is 0 Å². The fourth-order valence-corrected chi connectivity index (χ4v) is 3.47. The number of piperidine rings is 1. The molecule has 2 aliphatic rings. The van der Waals surface area contributed by atoms with Gasteiger partial charge in [0.15, 0.2) is 0 Å². The van der Waals surface area contributed by atoms with Crippen molar-refractivity contribution in [3.63, 3.8) is 0 Å². The molecule has 0 aromatic rings. The topological polar surface area (TPSA) is 3.24 Å². The Morgan fingerprint density at radius 3 is 2.47 bits per heavy atom. The van der Waals surface area contributed by atoms with Gasteiger partial charge in [0, 0.05) is 18.8 Å². The summed E-state index contributed by atoms with van der Waals surface area (Å²) in [7, 11) is 0. The second-order valence-corrected chi connectivity index (χ2v) is 5.70. The second kappa shape index (κ2) is 4.72. The van der Waals surface area contributed by atoms with E-state index in [1.165, 1.54) is 44.5 Å². The summed E-state index contributed by atoms with van der Waals surface area (Å²) in [6.07, 6.45) is 9.83. The molecule has 0 amide bonds. The van der Waals surface area contributed by atoms with E-state index in [0.717, 1.165) is 0 Å². The highest BCUT2D eigenvalue weighted by Gasteiger charge is 2.40. The molecule has 1 heteroatoms. The summed E-state index contributed by atoms with van der Waals surface area (Å²) in [5.41, 5.74) is 4.97. The Labute approximate surface area is 106 Å². The van der Waals surface area contributed by atoms with Crippen LogP contribution in [0.25, 0.3) is 0 Å². The van der Waals surface area contributed by atoms with Crippen molar-refractivity contribution < 1.29 is 0 Å². The predicted octanol–water partition coefficient (Wildman–Crippen LogP) is 4.29. The summed E-state index contributed by atoms with van der Waals surface area (Å²) < 4.78 is 0. The lowest BCUT2D eigenvalue weighted by molar-refractivity contribution is 0.163. The van der Waals surface area contributed by atoms with Gasteiger partial charge in [-0.05, 0) is 57.4 Å². The molecule has 1 saturated heterocycles. The first-order valence-corrected chi connectivity index (χ1v) is 6.82. The van der Waals surface area contributed by atoms with Crippen LogP contribution in [0.2, 0.25) is 0 Å². The molecule has 0 atom stereocenters. The molecule has 1 fully saturated rings. The highest BCUT2D eigenvalue weighted by Crippen LogP contribution is 2.50. The van der Waals surface area contributed by atoms with E-state index in [0.29, 0.717) is 5.41 Å². The Kier molecular flexibility index (Phi) is 3.46. The number of nitrogens with zero attached hydrogens (tertiary/aromatic N) is 1. The van der Waals surface area contributed by atoms with Gasteiger partial charge in [0.25, 0.3) is 0 Å². The first-order chi connectivity index (χ1) is 8.09. The van der Waals surface area contributed by atoms with Crippen LogP contribution in [0.3, 0.4) is 0 Å². The van der Waals surface area contributed by atoms with Gasteiger partial charge >= 0.3 is 0 Å². The Balaban J connectivity index is 2.15. The minimum absolute atomic E-state index is 0.489. The van der Waals surface area contributed by atoms with E-state index < -0.39 is 0 Å². The zero-order valence-electron chi connectivity index (χ0n) is 11.6. The zero-order valence-corrected chi connectivity index (χ0v) is 11.6. The maximum atomic E-state index is 4.06. The molecule has 1 aliphatic heterocycles. The molecule has 1 aliphatic carbocycles. The van der Waals surface area contributed by atoms with Crippen LogP contribution in [-0.4, -0.2) is 18.0 Å². The predicted molar refractivity (Wildman–Crippen MR) is 74.8 cm³/mol. The normalized spacial score (nSPS) is 24.1. The van der Waals surface area contributed by atoms with Crippen molar-refractivity contribution in [2.24, 2.45) is 5.41 Å². The molecular formula is C16H25N. The summed E-state index contributed by atoms with van der Waals surface area (Å²) in [5, 5.41) is 0. The average Bonchev–Trinajstić information content (AvgIpc) is 2.60. The Hall–Kier alpha value is -0.980. The van der Waals surface area contributed by atoms with Gasteiger partial charge in [-0.3, -0.25) is 0 Å². The second-order valence-electron chi connectivity index (χ2n) is 5.70. The molecule has 1 nitrogen and oxygen atoms in total. The molecule has 17 heavy (non-hydrogen) atoms. The molecule has 2 rings (SSSR count). The first-order valence-electron chi connectivity index (χ1n) is 6.82. The van der Waals surface area contributed by atoms with Crippen molar-refractivity contribution in [3.8, 4) is 0 Å². The number of rotatable bonds is 2. The van der Waals surface area contributed by atoms with Crippen LogP contribution in [0.4, 0.5) is 0 Å². The summed E-state index contributed by atoms with van der Waals surface area (Å²) in [6, 6.07) is 0. The summed E-state index contributed by atoms with van der Waals surface area (Å²) >= 11 is 0. The van der Waals surface area contributed by atoms with E-state index >= 15 is 0 Å². The largest absolute Gasteiger partial charge is 0.375 e. The number of likely N-dealkylation sites (tertiary alicyclic amines) is 1. The van der Waals surface area contributed by atoms with E-state index in [-0.39, 0.29) is 0 Å². The molecule has 0 aromatic heterocycles. The van der Waals surface area contributed by atoms with Gasteiger partial charge in [0.2, 0.25) is 0 Å². The molecular weight excluding hydrogens is 206 g/mol. The third-order valence-corrected chi connectivity index (χ3v) is 4.60. The van der Waals surface area contributed by atoms with Crippen LogP contribution in [0.1, 0.15) is 46.5 Å². The molecule has 0 aromatic carbocycles. The van der Waals surface area contributed by atoms with Crippen molar-refractivity contribution >= 4 is 0 Å². The van der Waals surface area contributed by atoms with E-state index in [4.69, 9.17) is 0 Å². The number of allylic oxidation sites excluding steroid dienone is 5. The summed E-state index contributed by atoms with van der Waals surface area (Å²) in [5.74, 6) is 0. The van der Waals surface area contributed by atoms with Crippen molar-refractivity contribution in [2.75, 3.05) is 13.1 Å². The van der Waals surface area contributed by atoms with Crippen LogP contribution in [-0.2, 0) is 0 Å². The van der Waals surface area contributed by atoms with E-state index in [1.807, 2.05) is 0 Å². The van der Waals surface area contributed by atoms with Gasteiger partial charge in [-0.1, -0.05) is 24.3 Å². The standard InChI is InChI=1S/C16H25N/c1-5-6-15-14(4)7-8-16(15)9-11-17(12-10-16)13(2)3/h5-6H,2,7-12H2,1,3-4H3/b6-5-. The SMILES string of the molecule is C=C(C)N1CCC2(CCC(C)=C2/C=C\C)CC1. The molecule has 0 bridgehead atoms. The van der Waals surface area contributed by atoms with Crippen LogP contribution in [0.5, 0.6) is 0 Å². The van der Waals surface area contributed by atoms with Gasteiger partial charge in [0.1, 0.15) is 0 Å². The van der Waals surface area contributed by atoms with Gasteiger partial charge in [-0.15, -0.1) is 0 Å². The Morgan fingerprint density at radius 2 is 1.94 bits per heavy atom. The lowest BCUT2D eigenvalue weighted by Gasteiger charge is -2.42. The van der Waals surface area contributed by atoms with Crippen LogP contribution in [0, 0.1) is 5.41 Å². The van der Waals surface area contributed by atoms with E-state index in [9.17, 15) is 0 Å². The summed E-state index contributed by atoms with van der Waals surface area (Å²) in [4.78, 5) is 2.44. The molecule has 0 radical (unpaired) electrons. The van der Waals surface area contributed by atoms with Crippen LogP contribution < -0.4 is 0 Å². The van der Waals surface area contributed by atoms with Crippen LogP contribution >= 0.6 is 0 Å². The molecule has 0 N–H and O–H groups in total. The highest BCUT2D eigenvalue weighted by molar-refractivity contribution is 5.36. The average molecular weight is 231 g/mol. The van der Waals surface area contributed by atoms with Crippen molar-refractivity contribution in [1.29, 1.82) is 0 Å². The van der Waals surface area contributed by atoms with Crippen molar-refractivity contribution in [3.05, 3.63) is 35.6 Å². The molecule has 0 saturated carbocycles. The molecule has 1 heterocycles. The minimum atomic E-state index is 0.489. The quantitative estimate of drug-likeness (QED) is 0.685. The molecule has 0 unspecified atom stereocenters. The lowest BCUT2D eigenvalue weighted by Crippen LogP contribution is -2.38. The summed E-state index contributed by atoms with van der Waals surface area (Å²) in [6.45, 7) is 13.0. The van der Waals surface area contributed by atoms with Gasteiger partial charge in [-0.2, -0.15) is 0 Å². The number of hydrogen-bond donors (Lipinski definition) is 0. The Morgan fingerprint density at radius 1 is 1.29 bits per heavy atom. The molecule has 94 valence electrons.